The maximum absolute atomic E-state index is 12.4. The molecule has 146 valence electrons. The normalized spacial score (nSPS) is 11.2. The van der Waals surface area contributed by atoms with Crippen molar-refractivity contribution >= 4 is 15.9 Å². The third kappa shape index (κ3) is 6.67. The summed E-state index contributed by atoms with van der Waals surface area (Å²) in [4.78, 5) is 11.8. The molecular formula is C19H24N2O5S. The number of aliphatic hydroxyl groups excluding tert-OH is 1. The number of carbonyl (C=O) groups excluding carboxylic acids is 1. The Morgan fingerprint density at radius 1 is 1.15 bits per heavy atom. The lowest BCUT2D eigenvalue weighted by molar-refractivity contribution is -0.123. The van der Waals surface area contributed by atoms with Gasteiger partial charge in [-0.3, -0.25) is 4.79 Å². The van der Waals surface area contributed by atoms with Crippen molar-refractivity contribution in [1.82, 2.24) is 10.0 Å². The molecular weight excluding hydrogens is 368 g/mol. The summed E-state index contributed by atoms with van der Waals surface area (Å²) < 4.78 is 32.9. The third-order valence-corrected chi connectivity index (χ3v) is 5.18. The van der Waals surface area contributed by atoms with Gasteiger partial charge in [-0.25, -0.2) is 13.1 Å². The first kappa shape index (κ1) is 20.9. The van der Waals surface area contributed by atoms with E-state index in [1.54, 1.807) is 6.92 Å². The van der Waals surface area contributed by atoms with Crippen LogP contribution in [-0.4, -0.2) is 39.2 Å². The quantitative estimate of drug-likeness (QED) is 0.530. The van der Waals surface area contributed by atoms with E-state index in [1.165, 1.54) is 18.2 Å². The lowest BCUT2D eigenvalue weighted by atomic mass is 10.2. The summed E-state index contributed by atoms with van der Waals surface area (Å²) in [6.45, 7) is 2.13. The van der Waals surface area contributed by atoms with Crippen molar-refractivity contribution in [3.05, 3.63) is 59.7 Å². The van der Waals surface area contributed by atoms with Gasteiger partial charge in [0, 0.05) is 19.7 Å². The first-order valence-electron chi connectivity index (χ1n) is 8.57. The molecule has 0 radical (unpaired) electrons. The van der Waals surface area contributed by atoms with Gasteiger partial charge >= 0.3 is 0 Å². The lowest BCUT2D eigenvalue weighted by Crippen LogP contribution is -2.30. The second-order valence-electron chi connectivity index (χ2n) is 5.95. The number of hydrogen-bond acceptors (Lipinski definition) is 5. The Balaban J connectivity index is 1.95. The maximum atomic E-state index is 12.4. The molecule has 7 nitrogen and oxygen atoms in total. The molecule has 0 spiro atoms. The Kier molecular flexibility index (Phi) is 7.78. The van der Waals surface area contributed by atoms with Gasteiger partial charge in [0.15, 0.2) is 6.61 Å². The van der Waals surface area contributed by atoms with Crippen molar-refractivity contribution < 1.29 is 23.1 Å². The van der Waals surface area contributed by atoms with Crippen LogP contribution in [0, 0.1) is 6.92 Å². The number of hydrogen-bond donors (Lipinski definition) is 3. The Morgan fingerprint density at radius 3 is 2.56 bits per heavy atom. The van der Waals surface area contributed by atoms with Crippen LogP contribution in [0.3, 0.4) is 0 Å². The molecule has 0 aliphatic heterocycles. The van der Waals surface area contributed by atoms with Crippen LogP contribution in [0.15, 0.2) is 53.4 Å². The monoisotopic (exact) mass is 392 g/mol. The van der Waals surface area contributed by atoms with Gasteiger partial charge < -0.3 is 15.2 Å². The highest BCUT2D eigenvalue weighted by molar-refractivity contribution is 7.89. The van der Waals surface area contributed by atoms with Crippen molar-refractivity contribution in [3.8, 4) is 5.75 Å². The number of ether oxygens (including phenoxy) is 1. The van der Waals surface area contributed by atoms with Gasteiger partial charge in [0.25, 0.3) is 5.91 Å². The van der Waals surface area contributed by atoms with E-state index in [1.807, 2.05) is 30.3 Å². The number of rotatable bonds is 10. The zero-order chi connectivity index (χ0) is 19.7. The van der Waals surface area contributed by atoms with E-state index in [9.17, 15) is 13.2 Å². The van der Waals surface area contributed by atoms with Crippen LogP contribution < -0.4 is 14.8 Å². The standard InChI is InChI=1S/C19H24N2O5S/c1-15-12-17(27(24,25)21-13-16-6-3-2-4-7-16)8-9-18(15)26-14-19(23)20-10-5-11-22/h2-4,6-9,12,21-22H,5,10-11,13-14H2,1H3,(H,20,23). The maximum Gasteiger partial charge on any atom is 0.257 e. The molecule has 2 aromatic rings. The fraction of sp³-hybridized carbons (Fsp3) is 0.316. The van der Waals surface area contributed by atoms with Crippen molar-refractivity contribution in [2.45, 2.75) is 24.8 Å². The molecule has 0 saturated carbocycles. The zero-order valence-electron chi connectivity index (χ0n) is 15.1. The van der Waals surface area contributed by atoms with Crippen LogP contribution in [-0.2, 0) is 21.4 Å². The van der Waals surface area contributed by atoms with E-state index >= 15 is 0 Å². The van der Waals surface area contributed by atoms with Gasteiger partial charge in [-0.05, 0) is 42.7 Å². The molecule has 0 unspecified atom stereocenters. The second-order valence-corrected chi connectivity index (χ2v) is 7.72. The average molecular weight is 392 g/mol. The molecule has 0 bridgehead atoms. The van der Waals surface area contributed by atoms with Crippen LogP contribution in [0.25, 0.3) is 0 Å². The van der Waals surface area contributed by atoms with Gasteiger partial charge in [-0.2, -0.15) is 0 Å². The van der Waals surface area contributed by atoms with Crippen molar-refractivity contribution in [2.75, 3.05) is 19.8 Å². The summed E-state index contributed by atoms with van der Waals surface area (Å²) in [5, 5.41) is 11.3. The van der Waals surface area contributed by atoms with E-state index in [-0.39, 0.29) is 30.6 Å². The molecule has 0 fully saturated rings. The van der Waals surface area contributed by atoms with Crippen LogP contribution in [0.2, 0.25) is 0 Å². The van der Waals surface area contributed by atoms with Crippen LogP contribution in [0.4, 0.5) is 0 Å². The number of aliphatic hydroxyl groups is 1. The van der Waals surface area contributed by atoms with Gasteiger partial charge in [0.1, 0.15) is 5.75 Å². The number of aryl methyl sites for hydroxylation is 1. The fourth-order valence-corrected chi connectivity index (χ4v) is 3.41. The van der Waals surface area contributed by atoms with Crippen LogP contribution in [0.1, 0.15) is 17.5 Å². The molecule has 0 atom stereocenters. The molecule has 2 aromatic carbocycles. The number of amides is 1. The van der Waals surface area contributed by atoms with E-state index in [0.29, 0.717) is 24.3 Å². The average Bonchev–Trinajstić information content (AvgIpc) is 2.66. The smallest absolute Gasteiger partial charge is 0.257 e. The van der Waals surface area contributed by atoms with E-state index in [0.717, 1.165) is 5.56 Å². The van der Waals surface area contributed by atoms with Crippen molar-refractivity contribution in [1.29, 1.82) is 0 Å². The van der Waals surface area contributed by atoms with Crippen LogP contribution in [0.5, 0.6) is 5.75 Å². The summed E-state index contributed by atoms with van der Waals surface area (Å²) in [5.41, 5.74) is 1.48. The van der Waals surface area contributed by atoms with E-state index < -0.39 is 10.0 Å². The third-order valence-electron chi connectivity index (χ3n) is 3.78. The summed E-state index contributed by atoms with van der Waals surface area (Å²) in [5.74, 6) is 0.137. The summed E-state index contributed by atoms with van der Waals surface area (Å²) in [6, 6.07) is 13.7. The van der Waals surface area contributed by atoms with E-state index in [4.69, 9.17) is 9.84 Å². The Hall–Kier alpha value is -2.42. The highest BCUT2D eigenvalue weighted by atomic mass is 32.2. The summed E-state index contributed by atoms with van der Waals surface area (Å²) in [6.07, 6.45) is 0.479. The molecule has 0 aliphatic rings. The second kappa shape index (κ2) is 10.1. The molecule has 1 amide bonds. The zero-order valence-corrected chi connectivity index (χ0v) is 16.0. The molecule has 3 N–H and O–H groups in total. The molecule has 27 heavy (non-hydrogen) atoms. The van der Waals surface area contributed by atoms with Crippen molar-refractivity contribution in [3.63, 3.8) is 0 Å². The topological polar surface area (TPSA) is 105 Å². The van der Waals surface area contributed by atoms with Crippen LogP contribution >= 0.6 is 0 Å². The predicted octanol–water partition coefficient (Wildman–Crippen LogP) is 1.35. The molecule has 0 heterocycles. The SMILES string of the molecule is Cc1cc(S(=O)(=O)NCc2ccccc2)ccc1OCC(=O)NCCCO. The molecule has 0 saturated heterocycles. The lowest BCUT2D eigenvalue weighted by Gasteiger charge is -2.12. The highest BCUT2D eigenvalue weighted by Crippen LogP contribution is 2.22. The predicted molar refractivity (Wildman–Crippen MR) is 102 cm³/mol. The molecule has 0 aliphatic carbocycles. The van der Waals surface area contributed by atoms with Gasteiger partial charge in [-0.15, -0.1) is 0 Å². The summed E-state index contributed by atoms with van der Waals surface area (Å²) >= 11 is 0. The number of sulfonamides is 1. The minimum atomic E-state index is -3.65. The van der Waals surface area contributed by atoms with Crippen molar-refractivity contribution in [2.24, 2.45) is 0 Å². The first-order chi connectivity index (χ1) is 12.9. The van der Waals surface area contributed by atoms with Gasteiger partial charge in [-0.1, -0.05) is 30.3 Å². The van der Waals surface area contributed by atoms with Gasteiger partial charge in [0.2, 0.25) is 10.0 Å². The minimum absolute atomic E-state index is 0.00842. The minimum Gasteiger partial charge on any atom is -0.484 e. The largest absolute Gasteiger partial charge is 0.484 e. The van der Waals surface area contributed by atoms with E-state index in [2.05, 4.69) is 10.0 Å². The highest BCUT2D eigenvalue weighted by Gasteiger charge is 2.15. The fourth-order valence-electron chi connectivity index (χ4n) is 2.31. The van der Waals surface area contributed by atoms with Gasteiger partial charge in [0.05, 0.1) is 4.90 Å². The Morgan fingerprint density at radius 2 is 1.89 bits per heavy atom. The molecule has 0 aromatic heterocycles. The first-order valence-corrected chi connectivity index (χ1v) is 10.1. The summed E-state index contributed by atoms with van der Waals surface area (Å²) in [7, 11) is -3.65. The molecule has 8 heteroatoms. The Bertz CT molecular complexity index is 854. The Labute approximate surface area is 159 Å². The number of carbonyl (C=O) groups is 1. The number of benzene rings is 2. The number of nitrogens with one attached hydrogen (secondary N) is 2. The molecule has 2 rings (SSSR count).